The van der Waals surface area contributed by atoms with Crippen LogP contribution in [0.15, 0.2) is 47.4 Å². The lowest BCUT2D eigenvalue weighted by atomic mass is 9.86. The van der Waals surface area contributed by atoms with E-state index in [-0.39, 0.29) is 29.2 Å². The number of hydrogen-bond donors (Lipinski definition) is 3. The first-order valence-corrected chi connectivity index (χ1v) is 14.9. The van der Waals surface area contributed by atoms with Gasteiger partial charge in [-0.05, 0) is 67.9 Å². The highest BCUT2D eigenvalue weighted by molar-refractivity contribution is 7.89. The fraction of sp³-hybridized carbons (Fsp3) is 0.429. The normalized spacial score (nSPS) is 18.0. The van der Waals surface area contributed by atoms with Crippen LogP contribution < -0.4 is 10.0 Å². The standard InChI is InChI=1S/C28H34ClN3O5S/c1-3-16-30-28(35)20-9-11-21(12-10-20)31-38(36,37)22-13-14-23-24(17-22)32(2)27(26(23)29)19-7-4-18(5-8-19)6-15-25(33)34/h4-5,7-8,13-14,17,20-21,31H,3,6,9-12,15-16H2,1-2H3,(H,30,35)(H,33,34). The van der Waals surface area contributed by atoms with Crippen LogP contribution in [-0.2, 0) is 33.1 Å². The fourth-order valence-corrected chi connectivity index (χ4v) is 6.81. The number of carbonyl (C=O) groups excluding carboxylic acids is 1. The molecule has 0 spiro atoms. The highest BCUT2D eigenvalue weighted by Crippen LogP contribution is 2.38. The summed E-state index contributed by atoms with van der Waals surface area (Å²) in [7, 11) is -1.92. The number of halogens is 1. The number of sulfonamides is 1. The molecule has 8 nitrogen and oxygen atoms in total. The Hall–Kier alpha value is -2.88. The van der Waals surface area contributed by atoms with Crippen molar-refractivity contribution in [2.24, 2.45) is 13.0 Å². The van der Waals surface area contributed by atoms with E-state index in [1.165, 1.54) is 0 Å². The Morgan fingerprint density at radius 3 is 2.39 bits per heavy atom. The first-order chi connectivity index (χ1) is 18.1. The van der Waals surface area contributed by atoms with Gasteiger partial charge in [0.15, 0.2) is 0 Å². The van der Waals surface area contributed by atoms with Gasteiger partial charge in [-0.3, -0.25) is 9.59 Å². The maximum atomic E-state index is 13.2. The van der Waals surface area contributed by atoms with Gasteiger partial charge in [-0.25, -0.2) is 13.1 Å². The van der Waals surface area contributed by atoms with Gasteiger partial charge in [-0.1, -0.05) is 42.8 Å². The molecule has 4 rings (SSSR count). The van der Waals surface area contributed by atoms with E-state index in [0.717, 1.165) is 28.6 Å². The number of benzene rings is 2. The van der Waals surface area contributed by atoms with Crippen molar-refractivity contribution < 1.29 is 23.1 Å². The Balaban J connectivity index is 1.50. The topological polar surface area (TPSA) is 118 Å². The van der Waals surface area contributed by atoms with Gasteiger partial charge < -0.3 is 15.0 Å². The highest BCUT2D eigenvalue weighted by atomic mass is 35.5. The SMILES string of the molecule is CCCNC(=O)C1CCC(NS(=O)(=O)c2ccc3c(Cl)c(-c4ccc(CCC(=O)O)cc4)n(C)c3c2)CC1. The van der Waals surface area contributed by atoms with E-state index in [9.17, 15) is 18.0 Å². The monoisotopic (exact) mass is 559 g/mol. The number of carbonyl (C=O) groups is 2. The first kappa shape index (κ1) is 28.1. The molecule has 1 fully saturated rings. The summed E-state index contributed by atoms with van der Waals surface area (Å²) in [6.45, 7) is 2.67. The number of nitrogens with one attached hydrogen (secondary N) is 2. The summed E-state index contributed by atoms with van der Waals surface area (Å²) in [4.78, 5) is 23.3. The van der Waals surface area contributed by atoms with E-state index in [1.54, 1.807) is 18.2 Å². The summed E-state index contributed by atoms with van der Waals surface area (Å²) in [5.74, 6) is -0.840. The highest BCUT2D eigenvalue weighted by Gasteiger charge is 2.29. The number of hydrogen-bond acceptors (Lipinski definition) is 4. The predicted molar refractivity (Wildman–Crippen MR) is 149 cm³/mol. The minimum atomic E-state index is -3.76. The molecule has 38 heavy (non-hydrogen) atoms. The van der Waals surface area contributed by atoms with Gasteiger partial charge in [0.25, 0.3) is 0 Å². The summed E-state index contributed by atoms with van der Waals surface area (Å²) < 4.78 is 31.2. The Kier molecular flexibility index (Phi) is 8.80. The Morgan fingerprint density at radius 2 is 1.76 bits per heavy atom. The van der Waals surface area contributed by atoms with Crippen LogP contribution in [0.2, 0.25) is 5.02 Å². The van der Waals surface area contributed by atoms with Crippen molar-refractivity contribution in [3.63, 3.8) is 0 Å². The van der Waals surface area contributed by atoms with Gasteiger partial charge in [0.05, 0.1) is 21.1 Å². The zero-order valence-corrected chi connectivity index (χ0v) is 23.2. The lowest BCUT2D eigenvalue weighted by Gasteiger charge is -2.28. The van der Waals surface area contributed by atoms with Crippen LogP contribution in [0.5, 0.6) is 0 Å². The molecule has 204 valence electrons. The third kappa shape index (κ3) is 6.22. The zero-order valence-electron chi connectivity index (χ0n) is 21.7. The number of fused-ring (bicyclic) bond motifs is 1. The second-order valence-corrected chi connectivity index (χ2v) is 12.0. The Labute approximate surface area is 228 Å². The van der Waals surface area contributed by atoms with Crippen molar-refractivity contribution in [3.05, 3.63) is 53.1 Å². The maximum absolute atomic E-state index is 13.2. The Morgan fingerprint density at radius 1 is 1.08 bits per heavy atom. The molecular weight excluding hydrogens is 526 g/mol. The molecule has 2 aromatic carbocycles. The molecule has 1 aliphatic carbocycles. The minimum absolute atomic E-state index is 0.0601. The van der Waals surface area contributed by atoms with Crippen molar-refractivity contribution >= 4 is 44.4 Å². The molecule has 1 heterocycles. The van der Waals surface area contributed by atoms with Gasteiger partial charge in [0.1, 0.15) is 0 Å². The van der Waals surface area contributed by atoms with E-state index in [0.29, 0.717) is 49.2 Å². The summed E-state index contributed by atoms with van der Waals surface area (Å²) in [5, 5.41) is 13.1. The molecule has 0 aliphatic heterocycles. The van der Waals surface area contributed by atoms with Crippen LogP contribution in [0.4, 0.5) is 0 Å². The zero-order chi connectivity index (χ0) is 27.4. The van der Waals surface area contributed by atoms with Crippen molar-refractivity contribution in [2.45, 2.75) is 62.8 Å². The molecule has 0 atom stereocenters. The summed E-state index contributed by atoms with van der Waals surface area (Å²) in [6.07, 6.45) is 3.96. The molecule has 1 aromatic heterocycles. The largest absolute Gasteiger partial charge is 0.481 e. The summed E-state index contributed by atoms with van der Waals surface area (Å²) in [6, 6.07) is 12.3. The molecule has 10 heteroatoms. The third-order valence-corrected chi connectivity index (χ3v) is 9.15. The van der Waals surface area contributed by atoms with Crippen LogP contribution in [-0.4, -0.2) is 42.6 Å². The lowest BCUT2D eigenvalue weighted by molar-refractivity contribution is -0.137. The Bertz CT molecular complexity index is 1420. The van der Waals surface area contributed by atoms with Gasteiger partial charge in [0, 0.05) is 37.4 Å². The van der Waals surface area contributed by atoms with Crippen LogP contribution in [0, 0.1) is 5.92 Å². The number of aromatic nitrogens is 1. The average molecular weight is 560 g/mol. The summed E-state index contributed by atoms with van der Waals surface area (Å²) in [5.41, 5.74) is 3.23. The predicted octanol–water partition coefficient (Wildman–Crippen LogP) is 4.88. The molecule has 0 bridgehead atoms. The molecule has 0 radical (unpaired) electrons. The van der Waals surface area contributed by atoms with Crippen molar-refractivity contribution in [3.8, 4) is 11.3 Å². The number of nitrogens with zero attached hydrogens (tertiary/aromatic N) is 1. The average Bonchev–Trinajstić information content (AvgIpc) is 3.15. The quantitative estimate of drug-likeness (QED) is 0.327. The molecule has 3 aromatic rings. The fourth-order valence-electron chi connectivity index (χ4n) is 5.09. The van der Waals surface area contributed by atoms with Gasteiger partial charge in [-0.2, -0.15) is 0 Å². The van der Waals surface area contributed by atoms with E-state index >= 15 is 0 Å². The van der Waals surface area contributed by atoms with E-state index in [1.807, 2.05) is 42.8 Å². The summed E-state index contributed by atoms with van der Waals surface area (Å²) >= 11 is 6.74. The van der Waals surface area contributed by atoms with Crippen molar-refractivity contribution in [1.82, 2.24) is 14.6 Å². The molecule has 3 N–H and O–H groups in total. The number of carboxylic acid groups (broad SMARTS) is 1. The van der Waals surface area contributed by atoms with E-state index in [4.69, 9.17) is 16.7 Å². The van der Waals surface area contributed by atoms with Gasteiger partial charge >= 0.3 is 5.97 Å². The van der Waals surface area contributed by atoms with Gasteiger partial charge in [0.2, 0.25) is 15.9 Å². The molecular formula is C28H34ClN3O5S. The second kappa shape index (κ2) is 11.9. The van der Waals surface area contributed by atoms with E-state index < -0.39 is 16.0 Å². The second-order valence-electron chi connectivity index (χ2n) is 9.95. The van der Waals surface area contributed by atoms with Crippen molar-refractivity contribution in [1.29, 1.82) is 0 Å². The third-order valence-electron chi connectivity index (χ3n) is 7.24. The minimum Gasteiger partial charge on any atom is -0.481 e. The van der Waals surface area contributed by atoms with Gasteiger partial charge in [-0.15, -0.1) is 0 Å². The van der Waals surface area contributed by atoms with Crippen LogP contribution in [0.1, 0.15) is 51.0 Å². The molecule has 1 aliphatic rings. The van der Waals surface area contributed by atoms with Crippen LogP contribution in [0.25, 0.3) is 22.2 Å². The van der Waals surface area contributed by atoms with Crippen LogP contribution >= 0.6 is 11.6 Å². The number of amides is 1. The van der Waals surface area contributed by atoms with E-state index in [2.05, 4.69) is 10.0 Å². The molecule has 0 saturated heterocycles. The lowest BCUT2D eigenvalue weighted by Crippen LogP contribution is -2.41. The number of aliphatic carboxylic acids is 1. The molecule has 1 amide bonds. The first-order valence-electron chi connectivity index (χ1n) is 13.0. The van der Waals surface area contributed by atoms with Crippen molar-refractivity contribution in [2.75, 3.05) is 6.54 Å². The molecule has 1 saturated carbocycles. The molecule has 0 unspecified atom stereocenters. The number of aryl methyl sites for hydroxylation is 2. The van der Waals surface area contributed by atoms with Crippen LogP contribution in [0.3, 0.4) is 0 Å². The number of rotatable bonds is 10. The smallest absolute Gasteiger partial charge is 0.303 e. The maximum Gasteiger partial charge on any atom is 0.303 e. The number of carboxylic acids is 1.